The van der Waals surface area contributed by atoms with Gasteiger partial charge in [-0.25, -0.2) is 4.79 Å². The zero-order chi connectivity index (χ0) is 25.9. The van der Waals surface area contributed by atoms with Gasteiger partial charge >= 0.3 is 5.97 Å². The van der Waals surface area contributed by atoms with Crippen LogP contribution in [0, 0.1) is 0 Å². The molecule has 1 amide bonds. The van der Waals surface area contributed by atoms with E-state index in [4.69, 9.17) is 4.84 Å². The molecule has 0 aliphatic heterocycles. The van der Waals surface area contributed by atoms with E-state index in [-0.39, 0.29) is 34.4 Å². The highest BCUT2D eigenvalue weighted by molar-refractivity contribution is 6.49. The first kappa shape index (κ1) is 25.2. The van der Waals surface area contributed by atoms with Crippen molar-refractivity contribution in [3.8, 4) is 0 Å². The molecule has 1 aliphatic rings. The third kappa shape index (κ3) is 5.33. The quantitative estimate of drug-likeness (QED) is 0.305. The summed E-state index contributed by atoms with van der Waals surface area (Å²) in [7, 11) is 0. The number of carboxylic acid groups (broad SMARTS) is 1. The number of nitrogens with zero attached hydrogens (tertiary/aromatic N) is 1. The van der Waals surface area contributed by atoms with Gasteiger partial charge in [0.15, 0.2) is 5.71 Å². The summed E-state index contributed by atoms with van der Waals surface area (Å²) in [5.41, 5.74) is 4.27. The summed E-state index contributed by atoms with van der Waals surface area (Å²) in [5, 5.41) is 16.5. The molecule has 0 saturated carbocycles. The van der Waals surface area contributed by atoms with E-state index in [1.807, 2.05) is 42.5 Å². The summed E-state index contributed by atoms with van der Waals surface area (Å²) in [5.74, 6) is -1.66. The van der Waals surface area contributed by atoms with Crippen LogP contribution in [0.25, 0.3) is 0 Å². The second-order valence-corrected chi connectivity index (χ2v) is 10.5. The lowest BCUT2D eigenvalue weighted by Crippen LogP contribution is -2.34. The number of carbonyl (C=O) groups is 2. The van der Waals surface area contributed by atoms with Crippen molar-refractivity contribution in [1.29, 1.82) is 0 Å². The number of rotatable bonds is 7. The summed E-state index contributed by atoms with van der Waals surface area (Å²) in [4.78, 5) is 30.8. The second kappa shape index (κ2) is 9.97. The first-order valence-electron chi connectivity index (χ1n) is 12.1. The monoisotopic (exact) mass is 484 g/mol. The lowest BCUT2D eigenvalue weighted by Gasteiger charge is -2.42. The van der Waals surface area contributed by atoms with E-state index in [2.05, 4.69) is 44.2 Å². The molecule has 0 spiro atoms. The van der Waals surface area contributed by atoms with Gasteiger partial charge in [-0.3, -0.25) is 4.79 Å². The molecule has 0 unspecified atom stereocenters. The van der Waals surface area contributed by atoms with Gasteiger partial charge in [0.05, 0.1) is 11.3 Å². The number of aromatic carboxylic acids is 1. The van der Waals surface area contributed by atoms with Gasteiger partial charge in [0.25, 0.3) is 5.91 Å². The normalized spacial score (nSPS) is 16.1. The topological polar surface area (TPSA) is 88.0 Å². The lowest BCUT2D eigenvalue weighted by atomic mass is 9.63. The molecule has 0 radical (unpaired) electrons. The summed E-state index contributed by atoms with van der Waals surface area (Å²) in [6, 6.07) is 21.9. The van der Waals surface area contributed by atoms with Crippen LogP contribution in [-0.2, 0) is 27.1 Å². The summed E-state index contributed by atoms with van der Waals surface area (Å²) < 4.78 is 0. The van der Waals surface area contributed by atoms with Gasteiger partial charge in [0.1, 0.15) is 6.61 Å². The van der Waals surface area contributed by atoms with Gasteiger partial charge in [-0.05, 0) is 58.6 Å². The van der Waals surface area contributed by atoms with Crippen LogP contribution in [0.15, 0.2) is 78.0 Å². The molecule has 0 aromatic heterocycles. The van der Waals surface area contributed by atoms with Crippen LogP contribution in [0.5, 0.6) is 0 Å². The zero-order valence-corrected chi connectivity index (χ0v) is 21.2. The molecule has 3 aromatic carbocycles. The second-order valence-electron chi connectivity index (χ2n) is 10.5. The number of amides is 1. The summed E-state index contributed by atoms with van der Waals surface area (Å²) in [6.07, 6.45) is 2.12. The van der Waals surface area contributed by atoms with Crippen molar-refractivity contribution < 1.29 is 19.5 Å². The van der Waals surface area contributed by atoms with Gasteiger partial charge in [0, 0.05) is 5.56 Å². The highest BCUT2D eigenvalue weighted by Crippen LogP contribution is 2.46. The van der Waals surface area contributed by atoms with Crippen molar-refractivity contribution in [3.63, 3.8) is 0 Å². The van der Waals surface area contributed by atoms with Crippen molar-refractivity contribution in [2.75, 3.05) is 5.32 Å². The third-order valence-electron chi connectivity index (χ3n) is 6.98. The van der Waals surface area contributed by atoms with Gasteiger partial charge in [-0.2, -0.15) is 0 Å². The van der Waals surface area contributed by atoms with E-state index in [1.54, 1.807) is 18.2 Å². The molecule has 3 aromatic rings. The Morgan fingerprint density at radius 2 is 1.53 bits per heavy atom. The minimum absolute atomic E-state index is 0.00345. The molecule has 0 atom stereocenters. The van der Waals surface area contributed by atoms with Gasteiger partial charge in [0.2, 0.25) is 0 Å². The predicted octanol–water partition coefficient (Wildman–Crippen LogP) is 6.29. The van der Waals surface area contributed by atoms with Crippen LogP contribution >= 0.6 is 0 Å². The Morgan fingerprint density at radius 3 is 2.22 bits per heavy atom. The molecule has 0 saturated heterocycles. The van der Waals surface area contributed by atoms with Crippen molar-refractivity contribution in [2.45, 2.75) is 58.0 Å². The van der Waals surface area contributed by atoms with Crippen molar-refractivity contribution >= 4 is 23.3 Å². The SMILES string of the molecule is CC1(C)CCC(C)(C)c2cc(C(=NOCc3ccccc3)C(=O)Nc3ccccc3C(=O)O)ccc21. The Labute approximate surface area is 212 Å². The molecule has 2 N–H and O–H groups in total. The van der Waals surface area contributed by atoms with Crippen molar-refractivity contribution in [3.05, 3.63) is 101 Å². The minimum Gasteiger partial charge on any atom is -0.478 e. The number of carboxylic acids is 1. The fourth-order valence-electron chi connectivity index (χ4n) is 4.67. The largest absolute Gasteiger partial charge is 0.478 e. The van der Waals surface area contributed by atoms with Crippen LogP contribution < -0.4 is 5.32 Å². The summed E-state index contributed by atoms with van der Waals surface area (Å²) >= 11 is 0. The third-order valence-corrected chi connectivity index (χ3v) is 6.98. The number of hydrogen-bond donors (Lipinski definition) is 2. The van der Waals surface area contributed by atoms with E-state index in [1.165, 1.54) is 17.2 Å². The van der Waals surface area contributed by atoms with E-state index < -0.39 is 11.9 Å². The van der Waals surface area contributed by atoms with E-state index in [9.17, 15) is 14.7 Å². The van der Waals surface area contributed by atoms with E-state index >= 15 is 0 Å². The number of benzene rings is 3. The minimum atomic E-state index is -1.12. The number of nitrogens with one attached hydrogen (secondary N) is 1. The van der Waals surface area contributed by atoms with Crippen LogP contribution in [0.4, 0.5) is 5.69 Å². The smallest absolute Gasteiger partial charge is 0.337 e. The fourth-order valence-corrected chi connectivity index (χ4v) is 4.67. The number of oxime groups is 1. The fraction of sp³-hybridized carbons (Fsp3) is 0.300. The van der Waals surface area contributed by atoms with Crippen molar-refractivity contribution in [2.24, 2.45) is 5.16 Å². The highest BCUT2D eigenvalue weighted by atomic mass is 16.6. The Morgan fingerprint density at radius 1 is 0.889 bits per heavy atom. The van der Waals surface area contributed by atoms with E-state index in [0.29, 0.717) is 5.56 Å². The van der Waals surface area contributed by atoms with Crippen LogP contribution in [0.3, 0.4) is 0 Å². The van der Waals surface area contributed by atoms with Crippen LogP contribution in [0.2, 0.25) is 0 Å². The Balaban J connectivity index is 1.73. The van der Waals surface area contributed by atoms with Gasteiger partial charge < -0.3 is 15.3 Å². The number of anilines is 1. The molecule has 36 heavy (non-hydrogen) atoms. The molecule has 0 fully saturated rings. The molecule has 6 nitrogen and oxygen atoms in total. The molecule has 4 rings (SSSR count). The van der Waals surface area contributed by atoms with Crippen LogP contribution in [0.1, 0.15) is 73.1 Å². The summed E-state index contributed by atoms with van der Waals surface area (Å²) in [6.45, 7) is 9.13. The predicted molar refractivity (Wildman–Crippen MR) is 142 cm³/mol. The average molecular weight is 485 g/mol. The number of hydrogen-bond acceptors (Lipinski definition) is 4. The maximum Gasteiger partial charge on any atom is 0.337 e. The molecular weight excluding hydrogens is 452 g/mol. The lowest BCUT2D eigenvalue weighted by molar-refractivity contribution is -0.110. The Bertz CT molecular complexity index is 1310. The maximum atomic E-state index is 13.5. The highest BCUT2D eigenvalue weighted by Gasteiger charge is 2.37. The Kier molecular flexibility index (Phi) is 6.97. The first-order chi connectivity index (χ1) is 17.1. The van der Waals surface area contributed by atoms with Crippen LogP contribution in [-0.4, -0.2) is 22.7 Å². The number of fused-ring (bicyclic) bond motifs is 1. The molecule has 0 heterocycles. The average Bonchev–Trinajstić information content (AvgIpc) is 2.85. The molecule has 186 valence electrons. The molecule has 1 aliphatic carbocycles. The number of carbonyl (C=O) groups excluding carboxylic acids is 1. The van der Waals surface area contributed by atoms with Crippen molar-refractivity contribution in [1.82, 2.24) is 0 Å². The van der Waals surface area contributed by atoms with Gasteiger partial charge in [-0.15, -0.1) is 0 Å². The zero-order valence-electron chi connectivity index (χ0n) is 21.2. The standard InChI is InChI=1S/C30H32N2O4/c1-29(2)16-17-30(3,4)24-18-21(14-15-23(24)29)26(32-36-19-20-10-6-5-7-11-20)27(33)31-25-13-9-8-12-22(25)28(34)35/h5-15,18H,16-17,19H2,1-4H3,(H,31,33)(H,34,35). The Hall–Kier alpha value is -3.93. The first-order valence-corrected chi connectivity index (χ1v) is 12.1. The number of para-hydroxylation sites is 1. The maximum absolute atomic E-state index is 13.5. The van der Waals surface area contributed by atoms with E-state index in [0.717, 1.165) is 18.4 Å². The molecular formula is C30H32N2O4. The van der Waals surface area contributed by atoms with Gasteiger partial charge in [-0.1, -0.05) is 87.4 Å². The molecule has 0 bridgehead atoms. The molecule has 6 heteroatoms.